The number of fused-ring (bicyclic) bond motifs is 1. The van der Waals surface area contributed by atoms with Crippen molar-refractivity contribution in [3.05, 3.63) is 96.7 Å². The smallest absolute Gasteiger partial charge is 0.241 e. The first-order valence-electron chi connectivity index (χ1n) is 11.3. The minimum atomic E-state index is -3.73. The monoisotopic (exact) mass is 479 g/mol. The van der Waals surface area contributed by atoms with Gasteiger partial charge in [0.25, 0.3) is 0 Å². The van der Waals surface area contributed by atoms with E-state index in [-0.39, 0.29) is 23.3 Å². The second-order valence-corrected chi connectivity index (χ2v) is 10.1. The van der Waals surface area contributed by atoms with Crippen LogP contribution < -0.4 is 9.62 Å². The molecule has 3 aromatic carbocycles. The number of nitrogens with one attached hydrogen (secondary N) is 1. The highest BCUT2D eigenvalue weighted by Gasteiger charge is 2.29. The second kappa shape index (κ2) is 9.58. The van der Waals surface area contributed by atoms with Gasteiger partial charge in [-0.25, -0.2) is 17.5 Å². The van der Waals surface area contributed by atoms with Gasteiger partial charge in [-0.1, -0.05) is 36.4 Å². The number of hydrogen-bond acceptors (Lipinski definition) is 5. The summed E-state index contributed by atoms with van der Waals surface area (Å²) < 4.78 is 48.3. The van der Waals surface area contributed by atoms with Gasteiger partial charge in [0.15, 0.2) is 0 Å². The van der Waals surface area contributed by atoms with E-state index in [1.807, 2.05) is 42.5 Å². The highest BCUT2D eigenvalue weighted by molar-refractivity contribution is 7.89. The van der Waals surface area contributed by atoms with Crippen molar-refractivity contribution in [2.24, 2.45) is 0 Å². The maximum Gasteiger partial charge on any atom is 0.241 e. The van der Waals surface area contributed by atoms with Crippen molar-refractivity contribution in [1.29, 1.82) is 0 Å². The Hall–Kier alpha value is -3.20. The van der Waals surface area contributed by atoms with E-state index in [4.69, 9.17) is 4.42 Å². The summed E-state index contributed by atoms with van der Waals surface area (Å²) in [7, 11) is -3.73. The zero-order valence-corrected chi connectivity index (χ0v) is 19.4. The fourth-order valence-electron chi connectivity index (χ4n) is 4.53. The average molecular weight is 480 g/mol. The molecular weight excluding hydrogens is 453 g/mol. The van der Waals surface area contributed by atoms with Crippen LogP contribution in [0.2, 0.25) is 0 Å². The standard InChI is InChI=1S/C26H26FN3O3S/c27-21-10-12-22(13-11-21)29-14-16-30(17-15-29)24(25-8-4-18-33-25)19-28-34(31,32)26-9-3-6-20-5-1-2-7-23(20)26/h1-13,18,24,28H,14-17,19H2. The van der Waals surface area contributed by atoms with Crippen molar-refractivity contribution in [3.8, 4) is 0 Å². The van der Waals surface area contributed by atoms with Gasteiger partial charge in [0, 0.05) is 43.8 Å². The topological polar surface area (TPSA) is 65.8 Å². The highest BCUT2D eigenvalue weighted by Crippen LogP contribution is 2.27. The molecule has 6 nitrogen and oxygen atoms in total. The molecule has 0 aliphatic carbocycles. The summed E-state index contributed by atoms with van der Waals surface area (Å²) in [6, 6.07) is 22.7. The van der Waals surface area contributed by atoms with E-state index >= 15 is 0 Å². The van der Waals surface area contributed by atoms with Crippen molar-refractivity contribution in [2.45, 2.75) is 10.9 Å². The van der Waals surface area contributed by atoms with Crippen LogP contribution in [0.3, 0.4) is 0 Å². The predicted molar refractivity (Wildman–Crippen MR) is 131 cm³/mol. The van der Waals surface area contributed by atoms with Gasteiger partial charge in [-0.05, 0) is 47.9 Å². The molecule has 4 aromatic rings. The molecule has 8 heteroatoms. The molecule has 1 saturated heterocycles. The summed E-state index contributed by atoms with van der Waals surface area (Å²) in [6.45, 7) is 3.13. The molecule has 0 saturated carbocycles. The predicted octanol–water partition coefficient (Wildman–Crippen LogP) is 4.41. The Morgan fingerprint density at radius 2 is 1.62 bits per heavy atom. The van der Waals surface area contributed by atoms with Gasteiger partial charge in [-0.15, -0.1) is 0 Å². The maximum absolute atomic E-state index is 13.3. The molecular formula is C26H26FN3O3S. The number of benzene rings is 3. The first-order valence-corrected chi connectivity index (χ1v) is 12.7. The van der Waals surface area contributed by atoms with Gasteiger partial charge in [-0.2, -0.15) is 0 Å². The molecule has 34 heavy (non-hydrogen) atoms. The molecule has 1 aromatic heterocycles. The first-order chi connectivity index (χ1) is 16.5. The Kier molecular flexibility index (Phi) is 6.36. The fourth-order valence-corrected chi connectivity index (χ4v) is 5.80. The summed E-state index contributed by atoms with van der Waals surface area (Å²) in [5, 5.41) is 1.57. The van der Waals surface area contributed by atoms with E-state index < -0.39 is 10.0 Å². The summed E-state index contributed by atoms with van der Waals surface area (Å²) >= 11 is 0. The third kappa shape index (κ3) is 4.70. The molecule has 5 rings (SSSR count). The Labute approximate surface area is 198 Å². The average Bonchev–Trinajstić information content (AvgIpc) is 3.39. The van der Waals surface area contributed by atoms with Crippen LogP contribution in [0.15, 0.2) is 94.4 Å². The Morgan fingerprint density at radius 1 is 0.882 bits per heavy atom. The lowest BCUT2D eigenvalue weighted by molar-refractivity contribution is 0.166. The molecule has 0 radical (unpaired) electrons. The van der Waals surface area contributed by atoms with Crippen molar-refractivity contribution < 1.29 is 17.2 Å². The second-order valence-electron chi connectivity index (χ2n) is 8.36. The molecule has 2 heterocycles. The van der Waals surface area contributed by atoms with Crippen LogP contribution in [0.4, 0.5) is 10.1 Å². The van der Waals surface area contributed by atoms with Gasteiger partial charge in [0.1, 0.15) is 11.6 Å². The molecule has 1 aliphatic heterocycles. The summed E-state index contributed by atoms with van der Waals surface area (Å²) in [5.41, 5.74) is 0.979. The van der Waals surface area contributed by atoms with Gasteiger partial charge in [0.2, 0.25) is 10.0 Å². The Balaban J connectivity index is 1.32. The number of rotatable bonds is 7. The summed E-state index contributed by atoms with van der Waals surface area (Å²) in [5.74, 6) is 0.467. The lowest BCUT2D eigenvalue weighted by Crippen LogP contribution is -2.49. The minimum Gasteiger partial charge on any atom is -0.468 e. The van der Waals surface area contributed by atoms with Crippen LogP contribution in [0.1, 0.15) is 11.8 Å². The van der Waals surface area contributed by atoms with E-state index in [1.165, 1.54) is 12.1 Å². The molecule has 1 fully saturated rings. The van der Waals surface area contributed by atoms with Crippen LogP contribution in [0, 0.1) is 5.82 Å². The largest absolute Gasteiger partial charge is 0.468 e. The number of nitrogens with zero attached hydrogens (tertiary/aromatic N) is 2. The fraction of sp³-hybridized carbons (Fsp3) is 0.231. The minimum absolute atomic E-state index is 0.190. The van der Waals surface area contributed by atoms with E-state index in [0.717, 1.165) is 43.0 Å². The first kappa shape index (κ1) is 22.6. The van der Waals surface area contributed by atoms with Crippen LogP contribution in [0.5, 0.6) is 0 Å². The van der Waals surface area contributed by atoms with Gasteiger partial charge in [0.05, 0.1) is 17.2 Å². The number of anilines is 1. The Morgan fingerprint density at radius 3 is 2.35 bits per heavy atom. The van der Waals surface area contributed by atoms with E-state index in [1.54, 1.807) is 30.5 Å². The molecule has 0 bridgehead atoms. The summed E-state index contributed by atoms with van der Waals surface area (Å²) in [6.07, 6.45) is 1.61. The van der Waals surface area contributed by atoms with Crippen molar-refractivity contribution in [1.82, 2.24) is 9.62 Å². The quantitative estimate of drug-likeness (QED) is 0.425. The van der Waals surface area contributed by atoms with Crippen molar-refractivity contribution in [3.63, 3.8) is 0 Å². The number of sulfonamides is 1. The van der Waals surface area contributed by atoms with Crippen LogP contribution in [-0.4, -0.2) is 46.0 Å². The molecule has 1 atom stereocenters. The van der Waals surface area contributed by atoms with Crippen molar-refractivity contribution >= 4 is 26.5 Å². The zero-order chi connectivity index (χ0) is 23.5. The number of hydrogen-bond donors (Lipinski definition) is 1. The van der Waals surface area contributed by atoms with Crippen LogP contribution in [0.25, 0.3) is 10.8 Å². The lowest BCUT2D eigenvalue weighted by Gasteiger charge is -2.39. The SMILES string of the molecule is O=S(=O)(NCC(c1ccco1)N1CCN(c2ccc(F)cc2)CC1)c1cccc2ccccc12. The molecule has 0 spiro atoms. The normalized spacial score (nSPS) is 16.1. The zero-order valence-electron chi connectivity index (χ0n) is 18.6. The van der Waals surface area contributed by atoms with E-state index in [2.05, 4.69) is 14.5 Å². The summed E-state index contributed by atoms with van der Waals surface area (Å²) in [4.78, 5) is 4.70. The molecule has 1 unspecified atom stereocenters. The number of furan rings is 1. The number of halogens is 1. The molecule has 1 N–H and O–H groups in total. The van der Waals surface area contributed by atoms with Gasteiger partial charge < -0.3 is 9.32 Å². The van der Waals surface area contributed by atoms with E-state index in [0.29, 0.717) is 5.39 Å². The van der Waals surface area contributed by atoms with Crippen LogP contribution >= 0.6 is 0 Å². The highest BCUT2D eigenvalue weighted by atomic mass is 32.2. The number of piperazine rings is 1. The molecule has 176 valence electrons. The lowest BCUT2D eigenvalue weighted by atomic mass is 10.1. The third-order valence-corrected chi connectivity index (χ3v) is 7.81. The van der Waals surface area contributed by atoms with E-state index in [9.17, 15) is 12.8 Å². The molecule has 0 amide bonds. The Bertz CT molecular complexity index is 1340. The van der Waals surface area contributed by atoms with Crippen LogP contribution in [-0.2, 0) is 10.0 Å². The maximum atomic E-state index is 13.3. The van der Waals surface area contributed by atoms with Crippen molar-refractivity contribution in [2.75, 3.05) is 37.6 Å². The van der Waals surface area contributed by atoms with Gasteiger partial charge in [-0.3, -0.25) is 4.90 Å². The van der Waals surface area contributed by atoms with Gasteiger partial charge >= 0.3 is 0 Å². The molecule has 1 aliphatic rings. The third-order valence-electron chi connectivity index (χ3n) is 6.32.